The number of carbonyl (C=O) groups is 1. The zero-order valence-corrected chi connectivity index (χ0v) is 7.45. The van der Waals surface area contributed by atoms with Gasteiger partial charge in [-0.05, 0) is 6.08 Å². The van der Waals surface area contributed by atoms with E-state index in [-0.39, 0.29) is 0 Å². The maximum absolute atomic E-state index is 9.00. The average molecular weight is 191 g/mol. The molecule has 1 rings (SSSR count). The molecular weight excluding hydrogens is 180 g/mol. The van der Waals surface area contributed by atoms with Gasteiger partial charge in [0.1, 0.15) is 0 Å². The molecule has 12 heavy (non-hydrogen) atoms. The molecule has 0 aromatic rings. The molecule has 2 N–H and O–H groups in total. The third-order valence-electron chi connectivity index (χ3n) is 1.00. The molecule has 0 heterocycles. The Hall–Kier alpha value is -0.800. The van der Waals surface area contributed by atoms with Gasteiger partial charge in [0.05, 0.1) is 0 Å². The summed E-state index contributed by atoms with van der Waals surface area (Å²) in [5.74, 6) is -0.833. The second-order valence-electron chi connectivity index (χ2n) is 2.33. The Bertz CT molecular complexity index is 202. The molecule has 0 aromatic heterocycles. The third kappa shape index (κ3) is 7.31. The number of rotatable bonds is 0. The first-order valence-electron chi connectivity index (χ1n) is 3.39. The minimum atomic E-state index is -1.12. The van der Waals surface area contributed by atoms with Crippen LogP contribution in [0.15, 0.2) is 24.3 Å². The monoisotopic (exact) mass is 190 g/mol. The Balaban J connectivity index is 0.000000261. The zero-order chi connectivity index (χ0) is 9.61. The lowest BCUT2D eigenvalue weighted by Gasteiger charge is -2.14. The van der Waals surface area contributed by atoms with Gasteiger partial charge in [-0.15, -0.1) is 0 Å². The largest absolute Gasteiger partial charge is 0.481 e. The van der Waals surface area contributed by atoms with Crippen molar-refractivity contribution in [2.45, 2.75) is 18.4 Å². The lowest BCUT2D eigenvalue weighted by atomic mass is 10.1. The van der Waals surface area contributed by atoms with Crippen molar-refractivity contribution in [3.63, 3.8) is 0 Å². The van der Waals surface area contributed by atoms with E-state index in [1.807, 2.05) is 12.2 Å². The standard InChI is InChI=1S/C6H7ClO.C2H4O2/c7-6(8)4-2-1-3-5-6;1-2(3)4/h1-4,8H,5H2;1H3,(H,3,4). The van der Waals surface area contributed by atoms with Gasteiger partial charge in [-0.1, -0.05) is 29.8 Å². The average Bonchev–Trinajstić information content (AvgIpc) is 1.85. The van der Waals surface area contributed by atoms with Crippen molar-refractivity contribution in [2.75, 3.05) is 0 Å². The molecule has 0 spiro atoms. The van der Waals surface area contributed by atoms with Crippen LogP contribution in [-0.2, 0) is 4.79 Å². The minimum absolute atomic E-state index is 0.505. The maximum Gasteiger partial charge on any atom is 0.300 e. The van der Waals surface area contributed by atoms with E-state index in [1.165, 1.54) is 0 Å². The molecule has 1 aliphatic rings. The Morgan fingerprint density at radius 1 is 1.58 bits per heavy atom. The van der Waals surface area contributed by atoms with Gasteiger partial charge in [0.2, 0.25) is 0 Å². The molecule has 3 nitrogen and oxygen atoms in total. The second kappa shape index (κ2) is 4.95. The van der Waals surface area contributed by atoms with E-state index in [4.69, 9.17) is 26.6 Å². The van der Waals surface area contributed by atoms with E-state index < -0.39 is 11.0 Å². The highest BCUT2D eigenvalue weighted by Crippen LogP contribution is 2.20. The Morgan fingerprint density at radius 2 is 2.08 bits per heavy atom. The summed E-state index contributed by atoms with van der Waals surface area (Å²) >= 11 is 5.49. The van der Waals surface area contributed by atoms with Crippen LogP contribution in [-0.4, -0.2) is 21.2 Å². The van der Waals surface area contributed by atoms with Gasteiger partial charge < -0.3 is 10.2 Å². The fourth-order valence-corrected chi connectivity index (χ4v) is 0.745. The number of allylic oxidation sites excluding steroid dienone is 2. The number of carboxylic acids is 1. The molecule has 0 bridgehead atoms. The summed E-state index contributed by atoms with van der Waals surface area (Å²) in [6.07, 6.45) is 7.49. The fourth-order valence-electron chi connectivity index (χ4n) is 0.583. The van der Waals surface area contributed by atoms with E-state index in [1.54, 1.807) is 12.2 Å². The van der Waals surface area contributed by atoms with Crippen molar-refractivity contribution >= 4 is 17.6 Å². The molecule has 0 aliphatic heterocycles. The Kier molecular flexibility index (Phi) is 4.62. The fraction of sp³-hybridized carbons (Fsp3) is 0.375. The van der Waals surface area contributed by atoms with Crippen LogP contribution < -0.4 is 0 Å². The number of alkyl halides is 1. The van der Waals surface area contributed by atoms with Crippen LogP contribution in [0.4, 0.5) is 0 Å². The molecule has 0 aromatic carbocycles. The lowest BCUT2D eigenvalue weighted by molar-refractivity contribution is -0.134. The Labute approximate surface area is 76.0 Å². The van der Waals surface area contributed by atoms with E-state index in [0.29, 0.717) is 6.42 Å². The minimum Gasteiger partial charge on any atom is -0.481 e. The van der Waals surface area contributed by atoms with Gasteiger partial charge in [-0.3, -0.25) is 4.79 Å². The summed E-state index contributed by atoms with van der Waals surface area (Å²) in [6, 6.07) is 0. The van der Waals surface area contributed by atoms with Crippen LogP contribution >= 0.6 is 11.6 Å². The molecule has 0 radical (unpaired) electrons. The highest BCUT2D eigenvalue weighted by Gasteiger charge is 2.17. The van der Waals surface area contributed by atoms with Crippen molar-refractivity contribution in [3.05, 3.63) is 24.3 Å². The molecule has 0 saturated heterocycles. The predicted octanol–water partition coefficient (Wildman–Crippen LogP) is 1.52. The number of hydrogen-bond acceptors (Lipinski definition) is 2. The zero-order valence-electron chi connectivity index (χ0n) is 6.70. The normalized spacial score (nSPS) is 25.9. The van der Waals surface area contributed by atoms with Crippen LogP contribution in [0.5, 0.6) is 0 Å². The lowest BCUT2D eigenvalue weighted by Crippen LogP contribution is -2.16. The summed E-state index contributed by atoms with van der Waals surface area (Å²) in [6.45, 7) is 1.08. The van der Waals surface area contributed by atoms with Gasteiger partial charge in [0.15, 0.2) is 5.06 Å². The smallest absolute Gasteiger partial charge is 0.300 e. The topological polar surface area (TPSA) is 57.5 Å². The summed E-state index contributed by atoms with van der Waals surface area (Å²) in [7, 11) is 0. The molecular formula is C8H11ClO3. The van der Waals surface area contributed by atoms with Crippen molar-refractivity contribution in [1.82, 2.24) is 0 Å². The van der Waals surface area contributed by atoms with Gasteiger partial charge in [-0.25, -0.2) is 0 Å². The summed E-state index contributed by atoms with van der Waals surface area (Å²) in [5, 5.41) is 15.3. The number of halogens is 1. The molecule has 68 valence electrons. The quantitative estimate of drug-likeness (QED) is 0.570. The van der Waals surface area contributed by atoms with Crippen molar-refractivity contribution < 1.29 is 15.0 Å². The van der Waals surface area contributed by atoms with Gasteiger partial charge in [0, 0.05) is 13.3 Å². The first kappa shape index (κ1) is 11.2. The second-order valence-corrected chi connectivity index (χ2v) is 2.98. The van der Waals surface area contributed by atoms with E-state index in [0.717, 1.165) is 6.92 Å². The number of carboxylic acid groups (broad SMARTS) is 1. The van der Waals surface area contributed by atoms with Crippen LogP contribution in [0.25, 0.3) is 0 Å². The summed E-state index contributed by atoms with van der Waals surface area (Å²) in [4.78, 5) is 9.00. The van der Waals surface area contributed by atoms with Crippen molar-refractivity contribution in [1.29, 1.82) is 0 Å². The van der Waals surface area contributed by atoms with Crippen LogP contribution in [0.1, 0.15) is 13.3 Å². The maximum atomic E-state index is 9.00. The van der Waals surface area contributed by atoms with Gasteiger partial charge >= 0.3 is 0 Å². The van der Waals surface area contributed by atoms with Crippen molar-refractivity contribution in [2.24, 2.45) is 0 Å². The van der Waals surface area contributed by atoms with E-state index in [2.05, 4.69) is 0 Å². The van der Waals surface area contributed by atoms with Crippen LogP contribution in [0, 0.1) is 0 Å². The number of aliphatic carboxylic acids is 1. The first-order chi connectivity index (χ1) is 5.44. The third-order valence-corrected chi connectivity index (χ3v) is 1.28. The van der Waals surface area contributed by atoms with Crippen LogP contribution in [0.2, 0.25) is 0 Å². The summed E-state index contributed by atoms with van der Waals surface area (Å²) < 4.78 is 0. The van der Waals surface area contributed by atoms with Gasteiger partial charge in [-0.2, -0.15) is 0 Å². The SMILES string of the molecule is CC(=O)O.OC1(Cl)C=CC=CC1. The molecule has 1 unspecified atom stereocenters. The van der Waals surface area contributed by atoms with E-state index >= 15 is 0 Å². The molecule has 1 aliphatic carbocycles. The van der Waals surface area contributed by atoms with E-state index in [9.17, 15) is 0 Å². The number of hydrogen-bond donors (Lipinski definition) is 2. The highest BCUT2D eigenvalue weighted by atomic mass is 35.5. The molecule has 1 atom stereocenters. The number of aliphatic hydroxyl groups is 1. The highest BCUT2D eigenvalue weighted by molar-refractivity contribution is 6.24. The Morgan fingerprint density at radius 3 is 2.25 bits per heavy atom. The predicted molar refractivity (Wildman–Crippen MR) is 47.0 cm³/mol. The molecule has 0 saturated carbocycles. The molecule has 0 amide bonds. The first-order valence-corrected chi connectivity index (χ1v) is 3.77. The van der Waals surface area contributed by atoms with Crippen LogP contribution in [0.3, 0.4) is 0 Å². The summed E-state index contributed by atoms with van der Waals surface area (Å²) in [5.41, 5.74) is 0. The molecule has 4 heteroatoms. The molecule has 0 fully saturated rings. The van der Waals surface area contributed by atoms with Crippen molar-refractivity contribution in [3.8, 4) is 0 Å². The van der Waals surface area contributed by atoms with Gasteiger partial charge in [0.25, 0.3) is 5.97 Å².